The van der Waals surface area contributed by atoms with Crippen molar-refractivity contribution in [1.82, 2.24) is 5.43 Å². The van der Waals surface area contributed by atoms with Crippen molar-refractivity contribution in [2.24, 2.45) is 5.10 Å². The highest BCUT2D eigenvalue weighted by molar-refractivity contribution is 6.30. The molecule has 0 spiro atoms. The molecule has 126 valence electrons. The van der Waals surface area contributed by atoms with E-state index in [4.69, 9.17) is 11.6 Å². The van der Waals surface area contributed by atoms with Crippen LogP contribution in [0.15, 0.2) is 65.8 Å². The fourth-order valence-corrected chi connectivity index (χ4v) is 2.70. The maximum Gasteiger partial charge on any atom is 0.275 e. The number of carbonyl (C=O) groups excluding carboxylic acids is 1. The molecule has 3 rings (SSSR count). The lowest BCUT2D eigenvalue weighted by Crippen LogP contribution is -2.20. The number of rotatable bonds is 4. The van der Waals surface area contributed by atoms with E-state index in [0.717, 1.165) is 22.0 Å². The number of fused-ring (bicyclic) bond motifs is 1. The average Bonchev–Trinajstić information content (AvgIpc) is 2.62. The Bertz CT molecular complexity index is 950. The number of halogens is 1. The van der Waals surface area contributed by atoms with Crippen molar-refractivity contribution >= 4 is 34.0 Å². The molecule has 4 nitrogen and oxygen atoms in total. The van der Waals surface area contributed by atoms with Gasteiger partial charge in [0.15, 0.2) is 0 Å². The van der Waals surface area contributed by atoms with Gasteiger partial charge in [-0.05, 0) is 47.0 Å². The zero-order valence-corrected chi connectivity index (χ0v) is 14.4. The van der Waals surface area contributed by atoms with Crippen LogP contribution < -0.4 is 5.43 Å². The Hall–Kier alpha value is -2.85. The summed E-state index contributed by atoms with van der Waals surface area (Å²) in [5, 5.41) is 16.7. The summed E-state index contributed by atoms with van der Waals surface area (Å²) in [5.41, 5.74) is 4.32. The standard InChI is InChI=1S/C20H17ClN2O2/c1-2-18(13-7-9-16(21)10-8-13)22-23-20(25)17-11-14-5-3-4-6-15(14)12-19(17)24/h3-12,24H,2H2,1H3,(H,23,25). The van der Waals surface area contributed by atoms with Crippen molar-refractivity contribution in [1.29, 1.82) is 0 Å². The van der Waals surface area contributed by atoms with Crippen molar-refractivity contribution in [2.45, 2.75) is 13.3 Å². The summed E-state index contributed by atoms with van der Waals surface area (Å²) in [4.78, 5) is 12.4. The number of nitrogens with one attached hydrogen (secondary N) is 1. The molecule has 0 aliphatic carbocycles. The molecule has 25 heavy (non-hydrogen) atoms. The molecule has 5 heteroatoms. The minimum absolute atomic E-state index is 0.0732. The van der Waals surface area contributed by atoms with Gasteiger partial charge < -0.3 is 5.11 Å². The second-order valence-electron chi connectivity index (χ2n) is 5.58. The Morgan fingerprint density at radius 2 is 1.72 bits per heavy atom. The monoisotopic (exact) mass is 352 g/mol. The summed E-state index contributed by atoms with van der Waals surface area (Å²) in [7, 11) is 0. The van der Waals surface area contributed by atoms with Crippen LogP contribution in [0.4, 0.5) is 0 Å². The van der Waals surface area contributed by atoms with Crippen LogP contribution in [0.5, 0.6) is 5.75 Å². The van der Waals surface area contributed by atoms with Crippen molar-refractivity contribution < 1.29 is 9.90 Å². The first-order chi connectivity index (χ1) is 12.1. The van der Waals surface area contributed by atoms with E-state index >= 15 is 0 Å². The fraction of sp³-hybridized carbons (Fsp3) is 0.100. The number of aromatic hydroxyl groups is 1. The summed E-state index contributed by atoms with van der Waals surface area (Å²) >= 11 is 5.89. The number of nitrogens with zero attached hydrogens (tertiary/aromatic N) is 1. The first-order valence-electron chi connectivity index (χ1n) is 7.93. The number of hydrogen-bond acceptors (Lipinski definition) is 3. The predicted octanol–water partition coefficient (Wildman–Crippen LogP) is 4.74. The number of phenolic OH excluding ortho intramolecular Hbond substituents is 1. The zero-order valence-electron chi connectivity index (χ0n) is 13.7. The first kappa shape index (κ1) is 17.0. The molecule has 0 radical (unpaired) electrons. The first-order valence-corrected chi connectivity index (χ1v) is 8.31. The highest BCUT2D eigenvalue weighted by Crippen LogP contribution is 2.24. The maximum atomic E-state index is 12.4. The van der Waals surface area contributed by atoms with Gasteiger partial charge in [-0.1, -0.05) is 54.9 Å². The van der Waals surface area contributed by atoms with Crippen LogP contribution in [-0.2, 0) is 0 Å². The number of hydrazone groups is 1. The second kappa shape index (κ2) is 7.36. The van der Waals surface area contributed by atoms with Crippen LogP contribution in [0.2, 0.25) is 5.02 Å². The minimum atomic E-state index is -0.455. The summed E-state index contributed by atoms with van der Waals surface area (Å²) in [6, 6.07) is 18.0. The summed E-state index contributed by atoms with van der Waals surface area (Å²) in [6.45, 7) is 1.95. The molecule has 0 saturated carbocycles. The van der Waals surface area contributed by atoms with Crippen LogP contribution >= 0.6 is 11.6 Å². The van der Waals surface area contributed by atoms with Crippen LogP contribution in [0.3, 0.4) is 0 Å². The van der Waals surface area contributed by atoms with Crippen LogP contribution in [0, 0.1) is 0 Å². The highest BCUT2D eigenvalue weighted by atomic mass is 35.5. The Kier molecular flexibility index (Phi) is 5.00. The summed E-state index contributed by atoms with van der Waals surface area (Å²) in [6.07, 6.45) is 0.644. The van der Waals surface area contributed by atoms with Gasteiger partial charge in [0.25, 0.3) is 5.91 Å². The van der Waals surface area contributed by atoms with Gasteiger partial charge >= 0.3 is 0 Å². The number of amides is 1. The number of carbonyl (C=O) groups is 1. The van der Waals surface area contributed by atoms with Gasteiger partial charge in [-0.25, -0.2) is 5.43 Å². The third-order valence-electron chi connectivity index (χ3n) is 3.91. The molecular formula is C20H17ClN2O2. The average molecular weight is 353 g/mol. The van der Waals surface area contributed by atoms with Gasteiger partial charge in [-0.15, -0.1) is 0 Å². The normalized spacial score (nSPS) is 11.5. The van der Waals surface area contributed by atoms with Gasteiger partial charge in [0.1, 0.15) is 5.75 Å². The summed E-state index contributed by atoms with van der Waals surface area (Å²) < 4.78 is 0. The van der Waals surface area contributed by atoms with Crippen molar-refractivity contribution in [3.8, 4) is 5.75 Å². The third kappa shape index (κ3) is 3.80. The van der Waals surface area contributed by atoms with E-state index in [9.17, 15) is 9.90 Å². The van der Waals surface area contributed by atoms with E-state index in [0.29, 0.717) is 11.4 Å². The van der Waals surface area contributed by atoms with Crippen molar-refractivity contribution in [2.75, 3.05) is 0 Å². The zero-order chi connectivity index (χ0) is 17.8. The molecule has 0 atom stereocenters. The van der Waals surface area contributed by atoms with Crippen molar-refractivity contribution in [3.05, 3.63) is 76.8 Å². The molecule has 0 aromatic heterocycles. The summed E-state index contributed by atoms with van der Waals surface area (Å²) in [5.74, 6) is -0.529. The van der Waals surface area contributed by atoms with Gasteiger partial charge in [-0.2, -0.15) is 5.10 Å². The molecule has 0 heterocycles. The highest BCUT2D eigenvalue weighted by Gasteiger charge is 2.12. The number of benzene rings is 3. The SMILES string of the molecule is CCC(=NNC(=O)c1cc2ccccc2cc1O)c1ccc(Cl)cc1. The van der Waals surface area contributed by atoms with Gasteiger partial charge in [0.2, 0.25) is 0 Å². The molecule has 0 saturated heterocycles. The Labute approximate surface area is 150 Å². The van der Waals surface area contributed by atoms with Crippen LogP contribution in [-0.4, -0.2) is 16.7 Å². The van der Waals surface area contributed by atoms with Gasteiger partial charge in [-0.3, -0.25) is 4.79 Å². The predicted molar refractivity (Wildman–Crippen MR) is 101 cm³/mol. The minimum Gasteiger partial charge on any atom is -0.507 e. The molecule has 3 aromatic rings. The molecule has 0 unspecified atom stereocenters. The third-order valence-corrected chi connectivity index (χ3v) is 4.17. The molecular weight excluding hydrogens is 336 g/mol. The topological polar surface area (TPSA) is 61.7 Å². The van der Waals surface area contributed by atoms with Crippen LogP contribution in [0.1, 0.15) is 29.3 Å². The number of hydrogen-bond donors (Lipinski definition) is 2. The van der Waals surface area contributed by atoms with Crippen LogP contribution in [0.25, 0.3) is 10.8 Å². The Morgan fingerprint density at radius 1 is 1.08 bits per heavy atom. The lowest BCUT2D eigenvalue weighted by Gasteiger charge is -2.08. The van der Waals surface area contributed by atoms with E-state index in [1.165, 1.54) is 0 Å². The molecule has 0 bridgehead atoms. The smallest absolute Gasteiger partial charge is 0.275 e. The lowest BCUT2D eigenvalue weighted by molar-refractivity contribution is 0.0952. The molecule has 3 aromatic carbocycles. The van der Waals surface area contributed by atoms with Crippen molar-refractivity contribution in [3.63, 3.8) is 0 Å². The Morgan fingerprint density at radius 3 is 2.36 bits per heavy atom. The van der Waals surface area contributed by atoms with Gasteiger partial charge in [0, 0.05) is 5.02 Å². The molecule has 0 aliphatic rings. The molecule has 0 fully saturated rings. The van der Waals surface area contributed by atoms with E-state index in [2.05, 4.69) is 10.5 Å². The second-order valence-corrected chi connectivity index (χ2v) is 6.01. The van der Waals surface area contributed by atoms with E-state index < -0.39 is 5.91 Å². The van der Waals surface area contributed by atoms with Gasteiger partial charge in [0.05, 0.1) is 11.3 Å². The largest absolute Gasteiger partial charge is 0.507 e. The quantitative estimate of drug-likeness (QED) is 0.526. The number of phenols is 1. The maximum absolute atomic E-state index is 12.4. The van der Waals surface area contributed by atoms with E-state index in [1.54, 1.807) is 24.3 Å². The fourth-order valence-electron chi connectivity index (χ4n) is 2.58. The molecule has 0 aliphatic heterocycles. The van der Waals surface area contributed by atoms with E-state index in [1.807, 2.05) is 43.3 Å². The lowest BCUT2D eigenvalue weighted by atomic mass is 10.1. The van der Waals surface area contributed by atoms with E-state index in [-0.39, 0.29) is 11.3 Å². The molecule has 1 amide bonds. The Balaban J connectivity index is 1.86. The molecule has 2 N–H and O–H groups in total.